The van der Waals surface area contributed by atoms with Crippen molar-refractivity contribution < 1.29 is 18.7 Å². The molecule has 1 aliphatic heterocycles. The van der Waals surface area contributed by atoms with Crippen molar-refractivity contribution in [2.24, 2.45) is 0 Å². The molecule has 0 atom stereocenters. The smallest absolute Gasteiger partial charge is 0.293 e. The minimum Gasteiger partial charge on any atom is -0.492 e. The average molecular weight is 600 g/mol. The van der Waals surface area contributed by atoms with E-state index in [1.807, 2.05) is 42.6 Å². The molecule has 1 fully saturated rings. The van der Waals surface area contributed by atoms with Gasteiger partial charge in [-0.2, -0.15) is 0 Å². The fraction of sp³-hybridized carbons (Fsp3) is 0.143. The number of hydrogen-bond acceptors (Lipinski definition) is 4. The summed E-state index contributed by atoms with van der Waals surface area (Å²) in [5.74, 6) is -0.225. The molecule has 2 heterocycles. The van der Waals surface area contributed by atoms with Crippen molar-refractivity contribution in [1.82, 2.24) is 9.47 Å². The summed E-state index contributed by atoms with van der Waals surface area (Å²) in [4.78, 5) is 27.1. The van der Waals surface area contributed by atoms with E-state index < -0.39 is 17.0 Å². The molecule has 5 rings (SSSR count). The summed E-state index contributed by atoms with van der Waals surface area (Å²) in [6, 6.07) is 19.5. The topological polar surface area (TPSA) is 51.5 Å². The van der Waals surface area contributed by atoms with Gasteiger partial charge in [-0.3, -0.25) is 14.5 Å². The largest absolute Gasteiger partial charge is 0.492 e. The maximum Gasteiger partial charge on any atom is 0.293 e. The van der Waals surface area contributed by atoms with Crippen LogP contribution in [0.2, 0.25) is 5.02 Å². The molecule has 37 heavy (non-hydrogen) atoms. The summed E-state index contributed by atoms with van der Waals surface area (Å²) >= 11 is 10.6. The van der Waals surface area contributed by atoms with Crippen LogP contribution in [0, 0.1) is 5.82 Å². The fourth-order valence-corrected chi connectivity index (χ4v) is 5.53. The highest BCUT2D eigenvalue weighted by molar-refractivity contribution is 9.10. The standard InChI is InChI=1S/C28H21BrClFN2O3S/c29-20-10-11-24-21(15-20)19(16-32(24)12-5-13-36-25-9-4-2-7-22(25)30)14-26-27(34)33(28(35)37-26)17-18-6-1-3-8-23(18)31/h1-4,6-11,14-16H,5,12-13,17H2/b26-14-. The highest BCUT2D eigenvalue weighted by Crippen LogP contribution is 2.36. The molecule has 0 bridgehead atoms. The van der Waals surface area contributed by atoms with Crippen LogP contribution in [0.15, 0.2) is 82.3 Å². The maximum absolute atomic E-state index is 14.1. The number of hydrogen-bond donors (Lipinski definition) is 0. The van der Waals surface area contributed by atoms with Gasteiger partial charge < -0.3 is 9.30 Å². The number of halogens is 3. The van der Waals surface area contributed by atoms with E-state index in [2.05, 4.69) is 20.5 Å². The molecule has 0 aliphatic carbocycles. The number of imide groups is 1. The normalized spacial score (nSPS) is 14.8. The van der Waals surface area contributed by atoms with Crippen molar-refractivity contribution in [3.63, 3.8) is 0 Å². The van der Waals surface area contributed by atoms with Gasteiger partial charge in [0.05, 0.1) is 23.1 Å². The van der Waals surface area contributed by atoms with Gasteiger partial charge >= 0.3 is 0 Å². The van der Waals surface area contributed by atoms with Gasteiger partial charge in [0.25, 0.3) is 11.1 Å². The number of carbonyl (C=O) groups excluding carboxylic acids is 2. The first kappa shape index (κ1) is 25.6. The van der Waals surface area contributed by atoms with Crippen LogP contribution in [0.1, 0.15) is 17.5 Å². The van der Waals surface area contributed by atoms with Gasteiger partial charge in [0.1, 0.15) is 11.6 Å². The summed E-state index contributed by atoms with van der Waals surface area (Å²) < 4.78 is 22.9. The van der Waals surface area contributed by atoms with E-state index in [0.29, 0.717) is 34.4 Å². The van der Waals surface area contributed by atoms with E-state index in [0.717, 1.165) is 44.0 Å². The van der Waals surface area contributed by atoms with Crippen LogP contribution in [0.5, 0.6) is 5.75 Å². The number of aromatic nitrogens is 1. The van der Waals surface area contributed by atoms with E-state index in [-0.39, 0.29) is 6.54 Å². The Hall–Kier alpha value is -3.07. The summed E-state index contributed by atoms with van der Waals surface area (Å²) in [6.07, 6.45) is 4.44. The zero-order valence-corrected chi connectivity index (χ0v) is 22.7. The lowest BCUT2D eigenvalue weighted by atomic mass is 10.1. The molecule has 0 N–H and O–H groups in total. The van der Waals surface area contributed by atoms with Crippen LogP contribution < -0.4 is 4.74 Å². The minimum absolute atomic E-state index is 0.104. The van der Waals surface area contributed by atoms with Gasteiger partial charge in [0.2, 0.25) is 0 Å². The second kappa shape index (κ2) is 11.1. The van der Waals surface area contributed by atoms with E-state index in [1.165, 1.54) is 6.07 Å². The van der Waals surface area contributed by atoms with Crippen molar-refractivity contribution in [1.29, 1.82) is 0 Å². The van der Waals surface area contributed by atoms with Crippen LogP contribution in [0.4, 0.5) is 9.18 Å². The summed E-state index contributed by atoms with van der Waals surface area (Å²) in [7, 11) is 0. The van der Waals surface area contributed by atoms with Crippen molar-refractivity contribution in [2.75, 3.05) is 6.61 Å². The van der Waals surface area contributed by atoms with Crippen molar-refractivity contribution in [2.45, 2.75) is 19.5 Å². The lowest BCUT2D eigenvalue weighted by molar-refractivity contribution is -0.123. The number of benzene rings is 3. The van der Waals surface area contributed by atoms with Crippen LogP contribution in [0.25, 0.3) is 17.0 Å². The lowest BCUT2D eigenvalue weighted by Gasteiger charge is -2.12. The summed E-state index contributed by atoms with van der Waals surface area (Å²) in [5.41, 5.74) is 2.11. The highest BCUT2D eigenvalue weighted by atomic mass is 79.9. The van der Waals surface area contributed by atoms with E-state index in [4.69, 9.17) is 16.3 Å². The van der Waals surface area contributed by atoms with Gasteiger partial charge in [-0.05, 0) is 60.7 Å². The van der Waals surface area contributed by atoms with E-state index in [1.54, 1.807) is 30.3 Å². The maximum atomic E-state index is 14.1. The third-order valence-electron chi connectivity index (χ3n) is 5.96. The predicted molar refractivity (Wildman–Crippen MR) is 149 cm³/mol. The molecule has 9 heteroatoms. The number of aryl methyl sites for hydroxylation is 1. The van der Waals surface area contributed by atoms with Gasteiger partial charge in [0.15, 0.2) is 0 Å². The Morgan fingerprint density at radius 2 is 1.84 bits per heavy atom. The Morgan fingerprint density at radius 1 is 1.05 bits per heavy atom. The number of amides is 2. The molecule has 0 saturated carbocycles. The van der Waals surface area contributed by atoms with Gasteiger partial charge in [-0.1, -0.05) is 57.9 Å². The Bertz CT molecular complexity index is 1540. The molecule has 4 aromatic rings. The number of rotatable bonds is 8. The van der Waals surface area contributed by atoms with E-state index in [9.17, 15) is 14.0 Å². The SMILES string of the molecule is O=C1S/C(=C\c2cn(CCCOc3ccccc3Cl)c3ccc(Br)cc23)C(=O)N1Cc1ccccc1F. The predicted octanol–water partition coefficient (Wildman–Crippen LogP) is 7.90. The van der Waals surface area contributed by atoms with Crippen LogP contribution >= 0.6 is 39.3 Å². The van der Waals surface area contributed by atoms with Crippen molar-refractivity contribution in [3.8, 4) is 5.75 Å². The third kappa shape index (κ3) is 5.61. The molecular formula is C28H21BrClFN2O3S. The first-order valence-electron chi connectivity index (χ1n) is 11.6. The zero-order valence-electron chi connectivity index (χ0n) is 19.5. The molecule has 1 saturated heterocycles. The molecule has 2 amide bonds. The molecule has 1 aliphatic rings. The van der Waals surface area contributed by atoms with Crippen LogP contribution in [-0.4, -0.2) is 27.2 Å². The Labute approximate surface area is 231 Å². The number of fused-ring (bicyclic) bond motifs is 1. The third-order valence-corrected chi connectivity index (χ3v) is 7.67. The van der Waals surface area contributed by atoms with Crippen molar-refractivity contribution >= 4 is 67.4 Å². The second-order valence-corrected chi connectivity index (χ2v) is 10.7. The van der Waals surface area contributed by atoms with E-state index >= 15 is 0 Å². The lowest BCUT2D eigenvalue weighted by Crippen LogP contribution is -2.27. The van der Waals surface area contributed by atoms with Gasteiger partial charge in [-0.25, -0.2) is 4.39 Å². The molecule has 5 nitrogen and oxygen atoms in total. The average Bonchev–Trinajstić information content (AvgIpc) is 3.35. The van der Waals surface area contributed by atoms with Gasteiger partial charge in [-0.15, -0.1) is 0 Å². The summed E-state index contributed by atoms with van der Waals surface area (Å²) in [5, 5.41) is 1.11. The molecule has 0 unspecified atom stereocenters. The highest BCUT2D eigenvalue weighted by Gasteiger charge is 2.35. The molecule has 1 aromatic heterocycles. The Balaban J connectivity index is 1.35. The second-order valence-electron chi connectivity index (χ2n) is 8.43. The number of nitrogens with zero attached hydrogens (tertiary/aromatic N) is 2. The molecular weight excluding hydrogens is 579 g/mol. The molecule has 0 radical (unpaired) electrons. The molecule has 0 spiro atoms. The first-order chi connectivity index (χ1) is 17.9. The Morgan fingerprint density at radius 3 is 2.65 bits per heavy atom. The number of thioether (sulfide) groups is 1. The summed E-state index contributed by atoms with van der Waals surface area (Å²) in [6.45, 7) is 1.07. The van der Waals surface area contributed by atoms with Crippen LogP contribution in [0.3, 0.4) is 0 Å². The van der Waals surface area contributed by atoms with Gasteiger partial charge in [0, 0.05) is 39.2 Å². The minimum atomic E-state index is -0.447. The zero-order chi connectivity index (χ0) is 25.9. The van der Waals surface area contributed by atoms with Crippen molar-refractivity contribution in [3.05, 3.63) is 104 Å². The Kier molecular flexibility index (Phi) is 7.69. The quantitative estimate of drug-likeness (QED) is 0.153. The number of para-hydroxylation sites is 1. The monoisotopic (exact) mass is 598 g/mol. The first-order valence-corrected chi connectivity index (χ1v) is 13.5. The van der Waals surface area contributed by atoms with Crippen LogP contribution in [-0.2, 0) is 17.9 Å². The molecule has 3 aromatic carbocycles. The number of ether oxygens (including phenoxy) is 1. The molecule has 188 valence electrons. The number of carbonyl (C=O) groups is 2. The fourth-order valence-electron chi connectivity index (χ4n) is 4.15.